The minimum atomic E-state index is 0.0501. The van der Waals surface area contributed by atoms with Gasteiger partial charge in [0.05, 0.1) is 0 Å². The van der Waals surface area contributed by atoms with Crippen LogP contribution < -0.4 is 15.5 Å². The maximum atomic E-state index is 11.0. The van der Waals surface area contributed by atoms with Crippen molar-refractivity contribution in [3.63, 3.8) is 0 Å². The normalized spacial score (nSPS) is 16.3. The van der Waals surface area contributed by atoms with E-state index in [0.717, 1.165) is 43.1 Å². The Kier molecular flexibility index (Phi) is 4.19. The number of rotatable bonds is 3. The first-order valence-corrected chi connectivity index (χ1v) is 6.63. The van der Waals surface area contributed by atoms with Crippen LogP contribution in [0, 0.1) is 6.92 Å². The van der Waals surface area contributed by atoms with Crippen molar-refractivity contribution >= 4 is 17.5 Å². The van der Waals surface area contributed by atoms with Gasteiger partial charge in [-0.15, -0.1) is 0 Å². The van der Waals surface area contributed by atoms with E-state index in [9.17, 15) is 4.79 Å². The molecule has 0 aliphatic carbocycles. The molecule has 1 aromatic rings. The van der Waals surface area contributed by atoms with Gasteiger partial charge in [-0.05, 0) is 19.8 Å². The molecule has 1 aliphatic rings. The molecular weight excluding hydrogens is 242 g/mol. The highest BCUT2D eigenvalue weighted by Gasteiger charge is 2.22. The van der Waals surface area contributed by atoms with Gasteiger partial charge in [-0.3, -0.25) is 4.79 Å². The van der Waals surface area contributed by atoms with Crippen molar-refractivity contribution in [2.45, 2.75) is 32.7 Å². The van der Waals surface area contributed by atoms with Gasteiger partial charge in [0.2, 0.25) is 5.91 Å². The second kappa shape index (κ2) is 5.86. The van der Waals surface area contributed by atoms with E-state index in [1.807, 2.05) is 14.0 Å². The Balaban J connectivity index is 2.03. The lowest BCUT2D eigenvalue weighted by Crippen LogP contribution is -2.44. The summed E-state index contributed by atoms with van der Waals surface area (Å²) in [4.78, 5) is 21.9. The van der Waals surface area contributed by atoms with E-state index in [-0.39, 0.29) is 5.91 Å². The Morgan fingerprint density at radius 2 is 2.05 bits per heavy atom. The lowest BCUT2D eigenvalue weighted by Gasteiger charge is -2.33. The van der Waals surface area contributed by atoms with Gasteiger partial charge < -0.3 is 15.5 Å². The standard InChI is InChI=1S/C13H21N5O/c1-9-12(14-3)15-8-16-13(9)18-6-4-11(5-7-18)17-10(2)19/h8,11H,4-7H2,1-3H3,(H,17,19)(H,14,15,16). The molecule has 0 unspecified atom stereocenters. The van der Waals surface area contributed by atoms with Crippen LogP contribution >= 0.6 is 0 Å². The molecule has 6 nitrogen and oxygen atoms in total. The van der Waals surface area contributed by atoms with Crippen LogP contribution in [0.25, 0.3) is 0 Å². The molecule has 1 amide bonds. The molecule has 1 aromatic heterocycles. The number of carbonyl (C=O) groups excluding carboxylic acids is 1. The van der Waals surface area contributed by atoms with Crippen LogP contribution in [0.15, 0.2) is 6.33 Å². The summed E-state index contributed by atoms with van der Waals surface area (Å²) in [6, 6.07) is 0.291. The molecule has 104 valence electrons. The highest BCUT2D eigenvalue weighted by Crippen LogP contribution is 2.24. The summed E-state index contributed by atoms with van der Waals surface area (Å²) in [5, 5.41) is 6.06. The summed E-state index contributed by atoms with van der Waals surface area (Å²) in [6.07, 6.45) is 3.50. The predicted molar refractivity (Wildman–Crippen MR) is 75.4 cm³/mol. The van der Waals surface area contributed by atoms with Crippen LogP contribution in [-0.4, -0.2) is 42.1 Å². The van der Waals surface area contributed by atoms with Crippen molar-refractivity contribution in [2.75, 3.05) is 30.4 Å². The summed E-state index contributed by atoms with van der Waals surface area (Å²) < 4.78 is 0. The molecule has 0 radical (unpaired) electrons. The quantitative estimate of drug-likeness (QED) is 0.849. The highest BCUT2D eigenvalue weighted by molar-refractivity contribution is 5.73. The van der Waals surface area contributed by atoms with E-state index in [1.54, 1.807) is 13.3 Å². The number of anilines is 2. The molecule has 6 heteroatoms. The zero-order valence-electron chi connectivity index (χ0n) is 11.7. The first-order chi connectivity index (χ1) is 9.11. The van der Waals surface area contributed by atoms with Crippen LogP contribution in [0.4, 0.5) is 11.6 Å². The van der Waals surface area contributed by atoms with Crippen molar-refractivity contribution in [3.8, 4) is 0 Å². The molecule has 0 atom stereocenters. The van der Waals surface area contributed by atoms with E-state index in [1.165, 1.54) is 0 Å². The third-order valence-corrected chi connectivity index (χ3v) is 3.50. The van der Waals surface area contributed by atoms with Crippen LogP contribution in [0.2, 0.25) is 0 Å². The second-order valence-electron chi connectivity index (χ2n) is 4.88. The molecule has 0 aromatic carbocycles. The molecule has 0 saturated carbocycles. The van der Waals surface area contributed by atoms with Crippen molar-refractivity contribution in [1.82, 2.24) is 15.3 Å². The Bertz CT molecular complexity index is 454. The fraction of sp³-hybridized carbons (Fsp3) is 0.615. The summed E-state index contributed by atoms with van der Waals surface area (Å²) in [6.45, 7) is 5.42. The third-order valence-electron chi connectivity index (χ3n) is 3.50. The van der Waals surface area contributed by atoms with Crippen molar-refractivity contribution in [3.05, 3.63) is 11.9 Å². The van der Waals surface area contributed by atoms with Gasteiger partial charge in [0, 0.05) is 38.7 Å². The van der Waals surface area contributed by atoms with Gasteiger partial charge in [-0.2, -0.15) is 0 Å². The maximum Gasteiger partial charge on any atom is 0.217 e. The van der Waals surface area contributed by atoms with Crippen molar-refractivity contribution in [2.24, 2.45) is 0 Å². The number of hydrogen-bond donors (Lipinski definition) is 2. The van der Waals surface area contributed by atoms with Crippen molar-refractivity contribution < 1.29 is 4.79 Å². The fourth-order valence-electron chi connectivity index (χ4n) is 2.53. The number of piperidine rings is 1. The Hall–Kier alpha value is -1.85. The Morgan fingerprint density at radius 1 is 1.37 bits per heavy atom. The average molecular weight is 263 g/mol. The molecule has 0 bridgehead atoms. The van der Waals surface area contributed by atoms with Gasteiger partial charge in [-0.25, -0.2) is 9.97 Å². The monoisotopic (exact) mass is 263 g/mol. The summed E-state index contributed by atoms with van der Waals surface area (Å²) in [7, 11) is 1.86. The molecular formula is C13H21N5O. The zero-order chi connectivity index (χ0) is 13.8. The second-order valence-corrected chi connectivity index (χ2v) is 4.88. The number of aromatic nitrogens is 2. The average Bonchev–Trinajstić information content (AvgIpc) is 2.39. The SMILES string of the molecule is CNc1ncnc(N2CCC(NC(C)=O)CC2)c1C. The molecule has 2 N–H and O–H groups in total. The zero-order valence-corrected chi connectivity index (χ0v) is 11.7. The van der Waals surface area contributed by atoms with Crippen LogP contribution in [0.1, 0.15) is 25.3 Å². The predicted octanol–water partition coefficient (Wildman–Crippen LogP) is 0.932. The molecule has 2 rings (SSSR count). The number of nitrogens with one attached hydrogen (secondary N) is 2. The Labute approximate surface area is 113 Å². The number of hydrogen-bond acceptors (Lipinski definition) is 5. The first-order valence-electron chi connectivity index (χ1n) is 6.63. The van der Waals surface area contributed by atoms with E-state index in [0.29, 0.717) is 6.04 Å². The number of amides is 1. The van der Waals surface area contributed by atoms with Crippen LogP contribution in [0.3, 0.4) is 0 Å². The number of nitrogens with zero attached hydrogens (tertiary/aromatic N) is 3. The molecule has 1 aliphatic heterocycles. The minimum absolute atomic E-state index is 0.0501. The highest BCUT2D eigenvalue weighted by atomic mass is 16.1. The van der Waals surface area contributed by atoms with Crippen molar-refractivity contribution in [1.29, 1.82) is 0 Å². The minimum Gasteiger partial charge on any atom is -0.373 e. The summed E-state index contributed by atoms with van der Waals surface area (Å²) >= 11 is 0. The first kappa shape index (κ1) is 13.6. The summed E-state index contributed by atoms with van der Waals surface area (Å²) in [5.41, 5.74) is 1.07. The van der Waals surface area contributed by atoms with Gasteiger partial charge >= 0.3 is 0 Å². The van der Waals surface area contributed by atoms with Gasteiger partial charge in [0.25, 0.3) is 0 Å². The molecule has 0 spiro atoms. The van der Waals surface area contributed by atoms with E-state index in [4.69, 9.17) is 0 Å². The Morgan fingerprint density at radius 3 is 2.63 bits per heavy atom. The van der Waals surface area contributed by atoms with Crippen LogP contribution in [0.5, 0.6) is 0 Å². The largest absolute Gasteiger partial charge is 0.373 e. The molecule has 19 heavy (non-hydrogen) atoms. The van der Waals surface area contributed by atoms with E-state index < -0.39 is 0 Å². The topological polar surface area (TPSA) is 70.2 Å². The number of carbonyl (C=O) groups is 1. The van der Waals surface area contributed by atoms with Gasteiger partial charge in [0.15, 0.2) is 0 Å². The van der Waals surface area contributed by atoms with E-state index >= 15 is 0 Å². The van der Waals surface area contributed by atoms with Gasteiger partial charge in [0.1, 0.15) is 18.0 Å². The lowest BCUT2D eigenvalue weighted by molar-refractivity contribution is -0.119. The fourth-order valence-corrected chi connectivity index (χ4v) is 2.53. The molecule has 1 fully saturated rings. The smallest absolute Gasteiger partial charge is 0.217 e. The molecule has 2 heterocycles. The molecule has 1 saturated heterocycles. The van der Waals surface area contributed by atoms with Crippen LogP contribution in [-0.2, 0) is 4.79 Å². The lowest BCUT2D eigenvalue weighted by atomic mass is 10.0. The van der Waals surface area contributed by atoms with E-state index in [2.05, 4.69) is 25.5 Å². The third kappa shape index (κ3) is 3.13. The van der Waals surface area contributed by atoms with Gasteiger partial charge in [-0.1, -0.05) is 0 Å². The summed E-state index contributed by atoms with van der Waals surface area (Å²) in [5.74, 6) is 1.91. The maximum absolute atomic E-state index is 11.0.